The molecule has 0 amide bonds. The van der Waals surface area contributed by atoms with Crippen molar-refractivity contribution in [3.05, 3.63) is 85.1 Å². The molecule has 0 heterocycles. The molecule has 0 saturated heterocycles. The fourth-order valence-corrected chi connectivity index (χ4v) is 6.46. The number of unbranched alkanes of at least 4 members (excludes halogenated alkanes) is 18. The maximum absolute atomic E-state index is 12.7. The highest BCUT2D eigenvalue weighted by Crippen LogP contribution is 2.13. The molecule has 0 aromatic carbocycles. The zero-order valence-corrected chi connectivity index (χ0v) is 38.9. The van der Waals surface area contributed by atoms with Gasteiger partial charge in [0.15, 0.2) is 6.10 Å². The van der Waals surface area contributed by atoms with Gasteiger partial charge in [-0.05, 0) is 109 Å². The molecule has 0 spiro atoms. The normalized spacial score (nSPS) is 12.8. The van der Waals surface area contributed by atoms with Gasteiger partial charge in [0.05, 0.1) is 0 Å². The minimum Gasteiger partial charge on any atom is -0.462 e. The van der Waals surface area contributed by atoms with E-state index in [0.29, 0.717) is 12.8 Å². The average Bonchev–Trinajstić information content (AvgIpc) is 3.24. The highest BCUT2D eigenvalue weighted by molar-refractivity contribution is 5.71. The Hall–Kier alpha value is -3.41. The number of carbonyl (C=O) groups is 3. The van der Waals surface area contributed by atoms with E-state index in [0.717, 1.165) is 103 Å². The number of carbonyl (C=O) groups excluding carboxylic acids is 3. The van der Waals surface area contributed by atoms with Crippen LogP contribution in [0.3, 0.4) is 0 Å². The third-order valence-corrected chi connectivity index (χ3v) is 10.1. The summed E-state index contributed by atoms with van der Waals surface area (Å²) in [4.78, 5) is 37.8. The van der Waals surface area contributed by atoms with Crippen molar-refractivity contribution in [1.82, 2.24) is 0 Å². The molecule has 0 saturated carbocycles. The number of ether oxygens (including phenoxy) is 3. The molecule has 342 valence electrons. The van der Waals surface area contributed by atoms with E-state index < -0.39 is 6.10 Å². The second-order valence-corrected chi connectivity index (χ2v) is 16.0. The zero-order valence-electron chi connectivity index (χ0n) is 38.9. The van der Waals surface area contributed by atoms with Gasteiger partial charge in [0.25, 0.3) is 0 Å². The summed E-state index contributed by atoms with van der Waals surface area (Å²) in [6.07, 6.45) is 61.5. The van der Waals surface area contributed by atoms with Crippen molar-refractivity contribution in [2.24, 2.45) is 0 Å². The molecule has 0 aliphatic heterocycles. The van der Waals surface area contributed by atoms with Crippen LogP contribution in [0.25, 0.3) is 0 Å². The molecule has 0 N–H and O–H groups in total. The van der Waals surface area contributed by atoms with Crippen LogP contribution in [-0.4, -0.2) is 37.2 Å². The number of hydrogen-bond donors (Lipinski definition) is 0. The lowest BCUT2D eigenvalue weighted by molar-refractivity contribution is -0.167. The zero-order chi connectivity index (χ0) is 43.7. The lowest BCUT2D eigenvalue weighted by Gasteiger charge is -2.18. The number of esters is 3. The molecule has 6 nitrogen and oxygen atoms in total. The molecule has 1 unspecified atom stereocenters. The summed E-state index contributed by atoms with van der Waals surface area (Å²) in [6.45, 7) is 6.32. The molecule has 6 heteroatoms. The van der Waals surface area contributed by atoms with Gasteiger partial charge in [-0.25, -0.2) is 0 Å². The Bertz CT molecular complexity index is 1190. The van der Waals surface area contributed by atoms with Gasteiger partial charge >= 0.3 is 17.9 Å². The summed E-state index contributed by atoms with van der Waals surface area (Å²) < 4.78 is 16.7. The summed E-state index contributed by atoms with van der Waals surface area (Å²) in [7, 11) is 0. The minimum absolute atomic E-state index is 0.103. The Labute approximate surface area is 369 Å². The molecule has 1 atom stereocenters. The van der Waals surface area contributed by atoms with Crippen molar-refractivity contribution in [2.45, 2.75) is 226 Å². The fourth-order valence-electron chi connectivity index (χ4n) is 6.46. The van der Waals surface area contributed by atoms with Crippen molar-refractivity contribution in [1.29, 1.82) is 0 Å². The number of hydrogen-bond acceptors (Lipinski definition) is 6. The van der Waals surface area contributed by atoms with E-state index in [2.05, 4.69) is 106 Å². The van der Waals surface area contributed by atoms with Gasteiger partial charge in [0.1, 0.15) is 13.2 Å². The van der Waals surface area contributed by atoms with Crippen molar-refractivity contribution >= 4 is 17.9 Å². The van der Waals surface area contributed by atoms with Crippen LogP contribution in [-0.2, 0) is 28.6 Å². The summed E-state index contributed by atoms with van der Waals surface area (Å²) in [5, 5.41) is 0. The molecular formula is C54H90O6. The highest BCUT2D eigenvalue weighted by Gasteiger charge is 2.19. The molecule has 60 heavy (non-hydrogen) atoms. The summed E-state index contributed by atoms with van der Waals surface area (Å²) >= 11 is 0. The van der Waals surface area contributed by atoms with Crippen LogP contribution in [0.1, 0.15) is 220 Å². The van der Waals surface area contributed by atoms with Gasteiger partial charge in [-0.15, -0.1) is 0 Å². The van der Waals surface area contributed by atoms with Crippen LogP contribution in [0.4, 0.5) is 0 Å². The third-order valence-electron chi connectivity index (χ3n) is 10.1. The maximum Gasteiger partial charge on any atom is 0.306 e. The van der Waals surface area contributed by atoms with E-state index in [4.69, 9.17) is 14.2 Å². The van der Waals surface area contributed by atoms with Crippen LogP contribution in [0, 0.1) is 0 Å². The van der Waals surface area contributed by atoms with E-state index in [9.17, 15) is 14.4 Å². The molecule has 0 aromatic heterocycles. The average molecular weight is 835 g/mol. The second kappa shape index (κ2) is 48.3. The first-order valence-corrected chi connectivity index (χ1v) is 24.6. The molecule has 0 aromatic rings. The first-order chi connectivity index (χ1) is 29.5. The first-order valence-electron chi connectivity index (χ1n) is 24.6. The Morgan fingerprint density at radius 2 is 0.650 bits per heavy atom. The quantitative estimate of drug-likeness (QED) is 0.0263. The summed E-state index contributed by atoms with van der Waals surface area (Å²) in [5.41, 5.74) is 0. The Morgan fingerprint density at radius 1 is 0.350 bits per heavy atom. The van der Waals surface area contributed by atoms with Crippen molar-refractivity contribution < 1.29 is 28.6 Å². The topological polar surface area (TPSA) is 78.9 Å². The fraction of sp³-hybridized carbons (Fsp3) is 0.685. The van der Waals surface area contributed by atoms with Gasteiger partial charge in [0.2, 0.25) is 0 Å². The SMILES string of the molecule is CC/C=C\C/C=C\C/C=C\C/C=C\CCCCCC(=O)OC(COC(=O)CCCC/C=C\C/C=C\CC)COC(=O)CCCCCCCCC/C=C\CCCCCCCC. The van der Waals surface area contributed by atoms with E-state index in [1.807, 2.05) is 0 Å². The molecular weight excluding hydrogens is 745 g/mol. The monoisotopic (exact) mass is 835 g/mol. The lowest BCUT2D eigenvalue weighted by Crippen LogP contribution is -2.30. The molecule has 0 aliphatic rings. The van der Waals surface area contributed by atoms with Gasteiger partial charge in [-0.1, -0.05) is 176 Å². The van der Waals surface area contributed by atoms with E-state index in [-0.39, 0.29) is 37.5 Å². The minimum atomic E-state index is -0.806. The van der Waals surface area contributed by atoms with Crippen molar-refractivity contribution in [2.75, 3.05) is 13.2 Å². The van der Waals surface area contributed by atoms with Gasteiger partial charge in [0, 0.05) is 19.3 Å². The van der Waals surface area contributed by atoms with E-state index in [1.54, 1.807) is 0 Å². The summed E-state index contributed by atoms with van der Waals surface area (Å²) in [5.74, 6) is -0.981. The summed E-state index contributed by atoms with van der Waals surface area (Å²) in [6, 6.07) is 0. The molecule has 0 radical (unpaired) electrons. The molecule has 0 fully saturated rings. The Kier molecular flexibility index (Phi) is 45.5. The van der Waals surface area contributed by atoms with Crippen LogP contribution in [0.5, 0.6) is 0 Å². The standard InChI is InChI=1S/C54H90O6/c1-4-7-10-13-16-19-21-23-25-27-29-30-32-35-38-41-44-47-53(56)59-50-51(49-58-52(55)46-43-40-37-34-18-15-12-9-6-3)60-54(57)48-45-42-39-36-33-31-28-26-24-22-20-17-14-11-8-5-2/h8-9,11-12,17-18,20,23-26,31,33-34,51H,4-7,10,13-16,19,21-22,27-30,32,35-50H2,1-3H3/b11-8-,12-9-,20-17-,25-23-,26-24-,33-31-,34-18-. The van der Waals surface area contributed by atoms with E-state index in [1.165, 1.54) is 77.0 Å². The van der Waals surface area contributed by atoms with E-state index >= 15 is 0 Å². The van der Waals surface area contributed by atoms with Gasteiger partial charge in [-0.2, -0.15) is 0 Å². The van der Waals surface area contributed by atoms with Crippen LogP contribution < -0.4 is 0 Å². The molecule has 0 bridgehead atoms. The third kappa shape index (κ3) is 45.7. The van der Waals surface area contributed by atoms with Gasteiger partial charge < -0.3 is 14.2 Å². The van der Waals surface area contributed by atoms with Gasteiger partial charge in [-0.3, -0.25) is 14.4 Å². The molecule has 0 aliphatic carbocycles. The van der Waals surface area contributed by atoms with Crippen LogP contribution >= 0.6 is 0 Å². The Balaban J connectivity index is 4.42. The van der Waals surface area contributed by atoms with Crippen LogP contribution in [0.15, 0.2) is 85.1 Å². The Morgan fingerprint density at radius 3 is 1.08 bits per heavy atom. The largest absolute Gasteiger partial charge is 0.462 e. The molecule has 0 rings (SSSR count). The number of rotatable bonds is 43. The predicted molar refractivity (Wildman–Crippen MR) is 256 cm³/mol. The second-order valence-electron chi connectivity index (χ2n) is 16.0. The maximum atomic E-state index is 12.7. The predicted octanol–water partition coefficient (Wildman–Crippen LogP) is 16.0. The lowest BCUT2D eigenvalue weighted by atomic mass is 10.1. The smallest absolute Gasteiger partial charge is 0.306 e. The number of allylic oxidation sites excluding steroid dienone is 14. The van der Waals surface area contributed by atoms with Crippen molar-refractivity contribution in [3.8, 4) is 0 Å². The first kappa shape index (κ1) is 56.6. The highest BCUT2D eigenvalue weighted by atomic mass is 16.6. The van der Waals surface area contributed by atoms with Crippen molar-refractivity contribution in [3.63, 3.8) is 0 Å². The van der Waals surface area contributed by atoms with Crippen LogP contribution in [0.2, 0.25) is 0 Å².